The molecule has 0 unspecified atom stereocenters. The average molecular weight is 464 g/mol. The van der Waals surface area contributed by atoms with Crippen LogP contribution in [0.3, 0.4) is 0 Å². The van der Waals surface area contributed by atoms with Crippen molar-refractivity contribution in [2.45, 2.75) is 38.5 Å². The van der Waals surface area contributed by atoms with Gasteiger partial charge in [0.2, 0.25) is 0 Å². The molecule has 0 radical (unpaired) electrons. The van der Waals surface area contributed by atoms with Gasteiger partial charge in [0, 0.05) is 35.5 Å². The summed E-state index contributed by atoms with van der Waals surface area (Å²) in [5.41, 5.74) is 10.8. The lowest BCUT2D eigenvalue weighted by atomic mass is 10.0. The zero-order valence-electron chi connectivity index (χ0n) is 18.8. The van der Waals surface area contributed by atoms with Crippen molar-refractivity contribution < 1.29 is 9.53 Å². The Morgan fingerprint density at radius 3 is 2.71 bits per heavy atom. The van der Waals surface area contributed by atoms with Crippen LogP contribution in [0.4, 0.5) is 11.5 Å². The van der Waals surface area contributed by atoms with E-state index >= 15 is 0 Å². The van der Waals surface area contributed by atoms with E-state index in [1.807, 2.05) is 18.2 Å². The number of fused-ring (bicyclic) bond motifs is 3. The summed E-state index contributed by atoms with van der Waals surface area (Å²) in [5.74, 6) is 1.30. The molecule has 3 aromatic heterocycles. The zero-order chi connectivity index (χ0) is 23.9. The highest BCUT2D eigenvalue weighted by atomic mass is 16.5. The van der Waals surface area contributed by atoms with Gasteiger partial charge in [-0.1, -0.05) is 12.1 Å². The number of hydrogen-bond donors (Lipinski definition) is 1. The van der Waals surface area contributed by atoms with E-state index in [1.54, 1.807) is 18.5 Å². The molecule has 1 amide bonds. The normalized spacial score (nSPS) is 14.5. The minimum atomic E-state index is -0.313. The number of amides is 1. The summed E-state index contributed by atoms with van der Waals surface area (Å²) in [6.07, 6.45) is 8.34. The van der Waals surface area contributed by atoms with Crippen molar-refractivity contribution in [3.63, 3.8) is 0 Å². The van der Waals surface area contributed by atoms with Crippen molar-refractivity contribution in [2.75, 3.05) is 10.6 Å². The number of aromatic nitrogens is 4. The first-order valence-electron chi connectivity index (χ1n) is 11.4. The predicted molar refractivity (Wildman–Crippen MR) is 128 cm³/mol. The molecular formula is C26H21N7O2. The minimum Gasteiger partial charge on any atom is -0.383 e. The first-order valence-corrected chi connectivity index (χ1v) is 11.4. The molecule has 2 aliphatic rings. The van der Waals surface area contributed by atoms with Gasteiger partial charge in [-0.05, 0) is 36.1 Å². The van der Waals surface area contributed by atoms with Crippen LogP contribution in [0.2, 0.25) is 0 Å². The molecule has 1 aliphatic heterocycles. The van der Waals surface area contributed by atoms with E-state index in [2.05, 4.69) is 26.0 Å². The Balaban J connectivity index is 1.39. The average Bonchev–Trinajstić information content (AvgIpc) is 3.62. The maximum atomic E-state index is 13.6. The third kappa shape index (κ3) is 3.84. The van der Waals surface area contributed by atoms with E-state index in [0.717, 1.165) is 46.3 Å². The molecule has 35 heavy (non-hydrogen) atoms. The molecule has 2 N–H and O–H groups in total. The summed E-state index contributed by atoms with van der Waals surface area (Å²) in [7, 11) is 0. The zero-order valence-corrected chi connectivity index (χ0v) is 18.8. The van der Waals surface area contributed by atoms with Crippen LogP contribution in [-0.2, 0) is 24.5 Å². The van der Waals surface area contributed by atoms with Crippen molar-refractivity contribution >= 4 is 28.3 Å². The maximum absolute atomic E-state index is 13.6. The predicted octanol–water partition coefficient (Wildman–Crippen LogP) is 3.63. The summed E-state index contributed by atoms with van der Waals surface area (Å²) in [6.45, 7) is 1.17. The van der Waals surface area contributed by atoms with E-state index < -0.39 is 0 Å². The van der Waals surface area contributed by atoms with Gasteiger partial charge >= 0.3 is 0 Å². The summed E-state index contributed by atoms with van der Waals surface area (Å²) < 4.78 is 5.57. The van der Waals surface area contributed by atoms with E-state index in [9.17, 15) is 10.1 Å². The number of nitriles is 1. The molecule has 4 aromatic rings. The molecule has 9 heteroatoms. The summed E-state index contributed by atoms with van der Waals surface area (Å²) in [4.78, 5) is 32.7. The van der Waals surface area contributed by atoms with Crippen LogP contribution in [0.1, 0.15) is 57.2 Å². The smallest absolute Gasteiger partial charge is 0.261 e. The molecule has 0 atom stereocenters. The first-order chi connectivity index (χ1) is 17.1. The molecule has 1 saturated carbocycles. The van der Waals surface area contributed by atoms with Gasteiger partial charge < -0.3 is 15.4 Å². The van der Waals surface area contributed by atoms with Crippen LogP contribution in [-0.4, -0.2) is 25.8 Å². The Morgan fingerprint density at radius 2 is 1.94 bits per heavy atom. The van der Waals surface area contributed by atoms with Crippen molar-refractivity contribution in [1.82, 2.24) is 19.9 Å². The molecule has 0 spiro atoms. The monoisotopic (exact) mass is 463 g/mol. The Morgan fingerprint density at radius 1 is 1.14 bits per heavy atom. The fraction of sp³-hybridized carbons (Fsp3) is 0.231. The third-order valence-corrected chi connectivity index (χ3v) is 6.45. The van der Waals surface area contributed by atoms with Crippen molar-refractivity contribution in [1.29, 1.82) is 5.26 Å². The molecular weight excluding hydrogens is 442 g/mol. The topological polar surface area (TPSA) is 131 Å². The highest BCUT2D eigenvalue weighted by Crippen LogP contribution is 2.37. The lowest BCUT2D eigenvalue weighted by Gasteiger charge is -2.24. The summed E-state index contributed by atoms with van der Waals surface area (Å²) in [6, 6.07) is 9.60. The van der Waals surface area contributed by atoms with Crippen molar-refractivity contribution in [2.24, 2.45) is 0 Å². The first kappa shape index (κ1) is 21.1. The number of nitrogens with zero attached hydrogens (tertiary/aromatic N) is 6. The van der Waals surface area contributed by atoms with Gasteiger partial charge in [0.1, 0.15) is 17.7 Å². The highest BCUT2D eigenvalue weighted by Gasteiger charge is 2.28. The number of benzene rings is 1. The van der Waals surface area contributed by atoms with Gasteiger partial charge in [0.25, 0.3) is 5.91 Å². The van der Waals surface area contributed by atoms with E-state index in [-0.39, 0.29) is 12.5 Å². The van der Waals surface area contributed by atoms with Gasteiger partial charge in [-0.15, -0.1) is 0 Å². The second-order valence-electron chi connectivity index (χ2n) is 8.80. The number of pyridine rings is 2. The molecule has 9 nitrogen and oxygen atoms in total. The molecule has 4 heterocycles. The molecule has 172 valence electrons. The fourth-order valence-electron chi connectivity index (χ4n) is 4.42. The van der Waals surface area contributed by atoms with E-state index in [4.69, 9.17) is 10.5 Å². The van der Waals surface area contributed by atoms with Crippen LogP contribution in [0.5, 0.6) is 0 Å². The Hall–Kier alpha value is -4.42. The molecule has 0 saturated heterocycles. The van der Waals surface area contributed by atoms with E-state index in [0.29, 0.717) is 41.8 Å². The molecule has 1 fully saturated rings. The molecule has 1 aromatic carbocycles. The van der Waals surface area contributed by atoms with Gasteiger partial charge in [-0.25, -0.2) is 15.0 Å². The number of anilines is 2. The fourth-order valence-corrected chi connectivity index (χ4v) is 4.42. The Kier molecular flexibility index (Phi) is 5.08. The third-order valence-electron chi connectivity index (χ3n) is 6.45. The van der Waals surface area contributed by atoms with Crippen molar-refractivity contribution in [3.05, 3.63) is 82.7 Å². The van der Waals surface area contributed by atoms with Crippen LogP contribution < -0.4 is 10.6 Å². The van der Waals surface area contributed by atoms with Crippen LogP contribution >= 0.6 is 0 Å². The van der Waals surface area contributed by atoms with Crippen LogP contribution in [0.15, 0.2) is 49.1 Å². The molecule has 0 bridgehead atoms. The second kappa shape index (κ2) is 8.42. The van der Waals surface area contributed by atoms with Crippen LogP contribution in [0.25, 0.3) is 10.9 Å². The number of nitrogens with two attached hydrogens (primary N) is 1. The standard InChI is InChI=1S/C26H21N7O2/c27-8-17-5-6-29-11-23(17)33(26(34)18-9-30-25(31-10-18)16-2-3-16)12-15-1-4-19-20-13-35-14-21(20)24(28)32-22(19)7-15/h1,4-7,9-11,16H,2-3,12-14H2,(H2,28,32). The number of ether oxygens (including phenoxy) is 1. The quantitative estimate of drug-likeness (QED) is 0.475. The Labute approximate surface area is 201 Å². The van der Waals surface area contributed by atoms with Crippen LogP contribution in [0, 0.1) is 11.3 Å². The maximum Gasteiger partial charge on any atom is 0.261 e. The molecule has 6 rings (SSSR count). The number of nitrogen functional groups attached to an aromatic ring is 1. The van der Waals surface area contributed by atoms with Gasteiger partial charge in [-0.2, -0.15) is 5.26 Å². The van der Waals surface area contributed by atoms with E-state index in [1.165, 1.54) is 17.3 Å². The summed E-state index contributed by atoms with van der Waals surface area (Å²) in [5, 5.41) is 10.7. The number of carbonyl (C=O) groups excluding carboxylic acids is 1. The van der Waals surface area contributed by atoms with Gasteiger partial charge in [0.15, 0.2) is 0 Å². The number of carbonyl (C=O) groups is 1. The summed E-state index contributed by atoms with van der Waals surface area (Å²) >= 11 is 0. The second-order valence-corrected chi connectivity index (χ2v) is 8.80. The Bertz CT molecular complexity index is 1510. The highest BCUT2D eigenvalue weighted by molar-refractivity contribution is 6.06. The number of rotatable bonds is 5. The SMILES string of the molecule is N#Cc1ccncc1N(Cc1ccc2c3c(c(N)nc2c1)COC3)C(=O)c1cnc(C2CC2)nc1. The van der Waals surface area contributed by atoms with Gasteiger partial charge in [0.05, 0.1) is 48.3 Å². The van der Waals surface area contributed by atoms with Gasteiger partial charge in [-0.3, -0.25) is 9.78 Å². The number of hydrogen-bond acceptors (Lipinski definition) is 8. The molecule has 1 aliphatic carbocycles. The minimum absolute atomic E-state index is 0.203. The van der Waals surface area contributed by atoms with Crippen molar-refractivity contribution in [3.8, 4) is 6.07 Å². The lowest BCUT2D eigenvalue weighted by molar-refractivity contribution is 0.0984. The lowest BCUT2D eigenvalue weighted by Crippen LogP contribution is -2.31. The largest absolute Gasteiger partial charge is 0.383 e.